The van der Waals surface area contributed by atoms with Crippen LogP contribution in [0.15, 0.2) is 71.6 Å². The highest BCUT2D eigenvalue weighted by Gasteiger charge is 2.34. The number of aryl methyl sites for hydroxylation is 1. The Balaban J connectivity index is 1.73. The summed E-state index contributed by atoms with van der Waals surface area (Å²) in [6, 6.07) is 13.9. The molecule has 1 N–H and O–H groups in total. The number of carbonyl (C=O) groups excluding carboxylic acids is 2. The molecule has 1 aliphatic carbocycles. The lowest BCUT2D eigenvalue weighted by Gasteiger charge is -2.32. The van der Waals surface area contributed by atoms with Crippen LogP contribution in [0.3, 0.4) is 0 Å². The molecule has 4 rings (SSSR count). The van der Waals surface area contributed by atoms with Crippen LogP contribution in [0.4, 0.5) is 15.8 Å². The van der Waals surface area contributed by atoms with Crippen molar-refractivity contribution in [2.24, 2.45) is 0 Å². The van der Waals surface area contributed by atoms with E-state index in [1.165, 1.54) is 79.6 Å². The van der Waals surface area contributed by atoms with Crippen LogP contribution in [0.1, 0.15) is 43.7 Å². The number of carbonyl (C=O) groups is 2. The fourth-order valence-corrected chi connectivity index (χ4v) is 6.55. The van der Waals surface area contributed by atoms with E-state index in [9.17, 15) is 32.5 Å². The number of hydrogen-bond acceptors (Lipinski definition) is 7. The molecule has 0 radical (unpaired) electrons. The molecule has 0 aliphatic heterocycles. The van der Waals surface area contributed by atoms with Crippen molar-refractivity contribution in [3.8, 4) is 5.75 Å². The second-order valence-electron chi connectivity index (χ2n) is 10.7. The molecule has 0 bridgehead atoms. The predicted molar refractivity (Wildman–Crippen MR) is 162 cm³/mol. The number of methoxy groups -OCH3 is 1. The van der Waals surface area contributed by atoms with E-state index < -0.39 is 39.3 Å². The first-order valence-corrected chi connectivity index (χ1v) is 15.6. The van der Waals surface area contributed by atoms with Gasteiger partial charge in [-0.1, -0.05) is 31.0 Å². The molecule has 0 aromatic heterocycles. The maximum atomic E-state index is 14.0. The van der Waals surface area contributed by atoms with Crippen LogP contribution < -0.4 is 14.4 Å². The van der Waals surface area contributed by atoms with Crippen LogP contribution in [-0.2, 0) is 26.2 Å². The molecular weight excluding hydrogens is 591 g/mol. The van der Waals surface area contributed by atoms with Gasteiger partial charge in [0.05, 0.1) is 22.6 Å². The first-order valence-electron chi connectivity index (χ1n) is 14.2. The first-order chi connectivity index (χ1) is 20.9. The Kier molecular flexibility index (Phi) is 10.2. The Hall–Kier alpha value is -4.52. The molecule has 0 saturated heterocycles. The van der Waals surface area contributed by atoms with Crippen molar-refractivity contribution in [2.75, 3.05) is 18.0 Å². The van der Waals surface area contributed by atoms with Crippen LogP contribution in [0.5, 0.6) is 5.75 Å². The molecule has 1 fully saturated rings. The second kappa shape index (κ2) is 13.8. The van der Waals surface area contributed by atoms with Gasteiger partial charge < -0.3 is 15.0 Å². The van der Waals surface area contributed by atoms with Gasteiger partial charge >= 0.3 is 0 Å². The Morgan fingerprint density at radius 1 is 1.07 bits per heavy atom. The predicted octanol–water partition coefficient (Wildman–Crippen LogP) is 4.72. The van der Waals surface area contributed by atoms with Crippen molar-refractivity contribution < 1.29 is 32.1 Å². The van der Waals surface area contributed by atoms with E-state index in [1.54, 1.807) is 6.92 Å². The summed E-state index contributed by atoms with van der Waals surface area (Å²) in [5, 5.41) is 14.6. The molecule has 3 aromatic carbocycles. The Labute approximate surface area is 255 Å². The highest BCUT2D eigenvalue weighted by molar-refractivity contribution is 7.92. The van der Waals surface area contributed by atoms with Crippen molar-refractivity contribution in [3.63, 3.8) is 0 Å². The van der Waals surface area contributed by atoms with Gasteiger partial charge in [-0.2, -0.15) is 0 Å². The molecule has 0 spiro atoms. The van der Waals surface area contributed by atoms with E-state index in [0.717, 1.165) is 36.1 Å². The number of benzene rings is 3. The topological polar surface area (TPSA) is 139 Å². The van der Waals surface area contributed by atoms with Crippen LogP contribution in [0.2, 0.25) is 0 Å². The van der Waals surface area contributed by atoms with E-state index in [0.29, 0.717) is 11.3 Å². The Morgan fingerprint density at radius 3 is 2.30 bits per heavy atom. The van der Waals surface area contributed by atoms with Gasteiger partial charge in [0.25, 0.3) is 15.7 Å². The summed E-state index contributed by atoms with van der Waals surface area (Å²) in [6.07, 6.45) is 3.64. The van der Waals surface area contributed by atoms with Crippen molar-refractivity contribution in [3.05, 3.63) is 93.8 Å². The number of rotatable bonds is 12. The fourth-order valence-electron chi connectivity index (χ4n) is 5.11. The molecule has 1 aliphatic rings. The third-order valence-electron chi connectivity index (χ3n) is 7.74. The molecule has 1 saturated carbocycles. The van der Waals surface area contributed by atoms with Gasteiger partial charge in [-0.25, -0.2) is 12.8 Å². The van der Waals surface area contributed by atoms with Gasteiger partial charge in [-0.3, -0.25) is 24.0 Å². The average Bonchev–Trinajstić information content (AvgIpc) is 3.52. The van der Waals surface area contributed by atoms with E-state index in [1.807, 2.05) is 0 Å². The number of nitrogens with one attached hydrogen (secondary N) is 1. The maximum absolute atomic E-state index is 14.0. The Morgan fingerprint density at radius 2 is 1.70 bits per heavy atom. The van der Waals surface area contributed by atoms with Gasteiger partial charge in [0.15, 0.2) is 0 Å². The summed E-state index contributed by atoms with van der Waals surface area (Å²) in [5.41, 5.74) is 0.524. The van der Waals surface area contributed by atoms with Gasteiger partial charge in [0, 0.05) is 24.2 Å². The quantitative estimate of drug-likeness (QED) is 0.227. The molecule has 44 heavy (non-hydrogen) atoms. The number of nitro benzene ring substituents is 1. The van der Waals surface area contributed by atoms with Crippen LogP contribution >= 0.6 is 0 Å². The zero-order chi connectivity index (χ0) is 32.0. The second-order valence-corrected chi connectivity index (χ2v) is 12.6. The zero-order valence-corrected chi connectivity index (χ0v) is 25.6. The van der Waals surface area contributed by atoms with Gasteiger partial charge in [0.1, 0.15) is 24.2 Å². The molecule has 3 aromatic rings. The molecule has 13 heteroatoms. The summed E-state index contributed by atoms with van der Waals surface area (Å²) in [6.45, 7) is 2.23. The fraction of sp³-hybridized carbons (Fsp3) is 0.355. The van der Waals surface area contributed by atoms with E-state index in [2.05, 4.69) is 5.32 Å². The van der Waals surface area contributed by atoms with E-state index >= 15 is 0 Å². The van der Waals surface area contributed by atoms with Crippen LogP contribution in [-0.4, -0.2) is 55.8 Å². The largest absolute Gasteiger partial charge is 0.497 e. The van der Waals surface area contributed by atoms with Crippen molar-refractivity contribution in [2.45, 2.75) is 63.1 Å². The number of ether oxygens (including phenoxy) is 1. The maximum Gasteiger partial charge on any atom is 0.273 e. The SMILES string of the molecule is COc1ccc(N(CC(=O)N(Cc2ccc(F)cc2)[C@@H](C)C(=O)NC2CCCC2)S(=O)(=O)c2ccc(C)c([N+](=O)[O-])c2)cc1. The molecule has 0 unspecified atom stereocenters. The lowest BCUT2D eigenvalue weighted by molar-refractivity contribution is -0.385. The van der Waals surface area contributed by atoms with E-state index in [4.69, 9.17) is 4.74 Å². The lowest BCUT2D eigenvalue weighted by atomic mass is 10.1. The lowest BCUT2D eigenvalue weighted by Crippen LogP contribution is -2.52. The van der Waals surface area contributed by atoms with Crippen molar-refractivity contribution in [1.29, 1.82) is 0 Å². The minimum Gasteiger partial charge on any atom is -0.497 e. The third kappa shape index (κ3) is 7.51. The molecular formula is C31H35FN4O7S. The zero-order valence-electron chi connectivity index (χ0n) is 24.7. The first kappa shape index (κ1) is 32.4. The van der Waals surface area contributed by atoms with Crippen molar-refractivity contribution in [1.82, 2.24) is 10.2 Å². The number of amides is 2. The van der Waals surface area contributed by atoms with E-state index in [-0.39, 0.29) is 40.3 Å². The minimum atomic E-state index is -4.53. The molecule has 11 nitrogen and oxygen atoms in total. The number of nitro groups is 1. The summed E-state index contributed by atoms with van der Waals surface area (Å²) in [5.74, 6) is -1.12. The molecule has 0 heterocycles. The van der Waals surface area contributed by atoms with Crippen molar-refractivity contribution >= 4 is 33.2 Å². The highest BCUT2D eigenvalue weighted by atomic mass is 32.2. The summed E-state index contributed by atoms with van der Waals surface area (Å²) in [7, 11) is -3.08. The van der Waals surface area contributed by atoms with Gasteiger partial charge in [0.2, 0.25) is 11.8 Å². The number of hydrogen-bond donors (Lipinski definition) is 1. The summed E-state index contributed by atoms with van der Waals surface area (Å²) < 4.78 is 47.8. The minimum absolute atomic E-state index is 0.0128. The number of anilines is 1. The molecule has 234 valence electrons. The Bertz CT molecular complexity index is 1610. The van der Waals surface area contributed by atoms with Gasteiger partial charge in [-0.15, -0.1) is 0 Å². The average molecular weight is 627 g/mol. The number of nitrogens with zero attached hydrogens (tertiary/aromatic N) is 3. The molecule has 1 atom stereocenters. The third-order valence-corrected chi connectivity index (χ3v) is 9.51. The summed E-state index contributed by atoms with van der Waals surface area (Å²) >= 11 is 0. The van der Waals surface area contributed by atoms with Gasteiger partial charge in [-0.05, 0) is 74.7 Å². The molecule has 2 amide bonds. The number of halogens is 1. The van der Waals surface area contributed by atoms with Crippen LogP contribution in [0.25, 0.3) is 0 Å². The summed E-state index contributed by atoms with van der Waals surface area (Å²) in [4.78, 5) is 39.1. The number of sulfonamides is 1. The standard InChI is InChI=1S/C31H35FN4O7S/c1-21-8-17-28(18-29(21)36(39)40)44(41,42)35(26-13-15-27(43-3)16-14-26)20-30(37)34(19-23-9-11-24(32)12-10-23)22(2)31(38)33-25-6-4-5-7-25/h8-18,22,25H,4-7,19-20H2,1-3H3,(H,33,38)/t22-/m0/s1. The normalized spacial score (nSPS) is 14.1. The highest BCUT2D eigenvalue weighted by Crippen LogP contribution is 2.29. The monoisotopic (exact) mass is 626 g/mol. The smallest absolute Gasteiger partial charge is 0.273 e. The van der Waals surface area contributed by atoms with Crippen LogP contribution in [0, 0.1) is 22.9 Å².